The minimum atomic E-state index is 0.0300. The number of benzene rings is 1. The Hall–Kier alpha value is -3.30. The lowest BCUT2D eigenvalue weighted by atomic mass is 10.1. The van der Waals surface area contributed by atoms with Gasteiger partial charge in [0, 0.05) is 5.56 Å². The van der Waals surface area contributed by atoms with Gasteiger partial charge in [-0.15, -0.1) is 15.3 Å². The quantitative estimate of drug-likeness (QED) is 0.415. The molecule has 0 aliphatic carbocycles. The Bertz CT molecular complexity index is 769. The number of nitrogens with one attached hydrogen (secondary N) is 1. The summed E-state index contributed by atoms with van der Waals surface area (Å²) in [6, 6.07) is 7.81. The number of aromatic nitrogens is 7. The fraction of sp³-hybridized carbons (Fsp3) is 0.167. The number of hydrogen-bond acceptors (Lipinski definition) is 6. The zero-order valence-electron chi connectivity index (χ0n) is 11.6. The SMILES string of the molecule is NC(N)=NCc1cn(Cc2cccc(-c3nn[nH]n3)c2)nn1. The third kappa shape index (κ3) is 3.23. The number of rotatable bonds is 5. The lowest BCUT2D eigenvalue weighted by Crippen LogP contribution is -2.22. The second kappa shape index (κ2) is 5.99. The number of tetrazole rings is 1. The van der Waals surface area contributed by atoms with E-state index in [2.05, 4.69) is 35.9 Å². The third-order valence-electron chi connectivity index (χ3n) is 2.88. The molecule has 0 saturated carbocycles. The molecule has 0 fully saturated rings. The van der Waals surface area contributed by atoms with Crippen LogP contribution in [-0.2, 0) is 13.1 Å². The molecule has 10 nitrogen and oxygen atoms in total. The maximum absolute atomic E-state index is 5.29. The minimum absolute atomic E-state index is 0.0300. The molecule has 0 radical (unpaired) electrons. The number of aliphatic imine (C=N–C) groups is 1. The van der Waals surface area contributed by atoms with Gasteiger partial charge in [-0.1, -0.05) is 23.4 Å². The lowest BCUT2D eigenvalue weighted by molar-refractivity contribution is 0.649. The van der Waals surface area contributed by atoms with E-state index in [1.807, 2.05) is 24.3 Å². The smallest absolute Gasteiger partial charge is 0.204 e. The van der Waals surface area contributed by atoms with Crippen molar-refractivity contribution in [1.29, 1.82) is 0 Å². The first-order chi connectivity index (χ1) is 10.7. The minimum Gasteiger partial charge on any atom is -0.370 e. The molecule has 1 aromatic carbocycles. The maximum Gasteiger partial charge on any atom is 0.204 e. The van der Waals surface area contributed by atoms with Crippen LogP contribution in [-0.4, -0.2) is 41.6 Å². The van der Waals surface area contributed by atoms with Gasteiger partial charge < -0.3 is 11.5 Å². The average molecular weight is 298 g/mol. The molecular weight excluding hydrogens is 284 g/mol. The standard InChI is InChI=1S/C12H14N10/c13-12(14)15-5-10-7-22(21-16-10)6-8-2-1-3-9(4-8)11-17-19-20-18-11/h1-4,7H,5-6H2,(H4,13,14,15)(H,17,18,19,20). The molecule has 22 heavy (non-hydrogen) atoms. The number of hydrogen-bond donors (Lipinski definition) is 3. The number of nitrogens with two attached hydrogens (primary N) is 2. The highest BCUT2D eigenvalue weighted by atomic mass is 15.5. The van der Waals surface area contributed by atoms with Gasteiger partial charge in [-0.25, -0.2) is 9.67 Å². The molecule has 2 heterocycles. The molecular formula is C12H14N10. The van der Waals surface area contributed by atoms with Crippen LogP contribution in [0.2, 0.25) is 0 Å². The summed E-state index contributed by atoms with van der Waals surface area (Å²) >= 11 is 0. The number of nitrogens with zero attached hydrogens (tertiary/aromatic N) is 7. The van der Waals surface area contributed by atoms with E-state index in [-0.39, 0.29) is 5.96 Å². The fourth-order valence-electron chi connectivity index (χ4n) is 1.94. The molecule has 0 aliphatic heterocycles. The van der Waals surface area contributed by atoms with E-state index in [1.165, 1.54) is 0 Å². The molecule has 2 aromatic heterocycles. The highest BCUT2D eigenvalue weighted by Gasteiger charge is 2.05. The van der Waals surface area contributed by atoms with Crippen molar-refractivity contribution in [2.24, 2.45) is 16.5 Å². The van der Waals surface area contributed by atoms with Gasteiger partial charge in [0.1, 0.15) is 5.69 Å². The van der Waals surface area contributed by atoms with Gasteiger partial charge in [-0.2, -0.15) is 5.21 Å². The first kappa shape index (κ1) is 13.7. The normalized spacial score (nSPS) is 10.5. The maximum atomic E-state index is 5.29. The van der Waals surface area contributed by atoms with Crippen molar-refractivity contribution in [3.05, 3.63) is 41.7 Å². The van der Waals surface area contributed by atoms with Crippen molar-refractivity contribution in [3.63, 3.8) is 0 Å². The van der Waals surface area contributed by atoms with E-state index in [9.17, 15) is 0 Å². The summed E-state index contributed by atoms with van der Waals surface area (Å²) < 4.78 is 1.72. The summed E-state index contributed by atoms with van der Waals surface area (Å²) in [6.07, 6.45) is 1.80. The van der Waals surface area contributed by atoms with Gasteiger partial charge in [0.15, 0.2) is 5.96 Å². The van der Waals surface area contributed by atoms with Crippen LogP contribution in [0, 0.1) is 0 Å². The van der Waals surface area contributed by atoms with Gasteiger partial charge in [-0.3, -0.25) is 0 Å². The van der Waals surface area contributed by atoms with Crippen molar-refractivity contribution in [2.75, 3.05) is 0 Å². The summed E-state index contributed by atoms with van der Waals surface area (Å²) in [6.45, 7) is 0.881. The van der Waals surface area contributed by atoms with Crippen LogP contribution in [0.1, 0.15) is 11.3 Å². The molecule has 0 amide bonds. The van der Waals surface area contributed by atoms with E-state index >= 15 is 0 Å². The first-order valence-electron chi connectivity index (χ1n) is 6.48. The van der Waals surface area contributed by atoms with E-state index < -0.39 is 0 Å². The Kier molecular flexibility index (Phi) is 3.72. The molecule has 112 valence electrons. The topological polar surface area (TPSA) is 150 Å². The average Bonchev–Trinajstić information content (AvgIpc) is 3.17. The van der Waals surface area contributed by atoms with Crippen molar-refractivity contribution >= 4 is 5.96 Å². The lowest BCUT2D eigenvalue weighted by Gasteiger charge is -2.02. The van der Waals surface area contributed by atoms with E-state index in [1.54, 1.807) is 10.9 Å². The summed E-state index contributed by atoms with van der Waals surface area (Å²) in [5.74, 6) is 0.580. The van der Waals surface area contributed by atoms with Crippen LogP contribution in [0.5, 0.6) is 0 Å². The molecule has 3 aromatic rings. The van der Waals surface area contributed by atoms with Crippen molar-refractivity contribution < 1.29 is 0 Å². The summed E-state index contributed by atoms with van der Waals surface area (Å²) in [4.78, 5) is 3.89. The molecule has 0 aliphatic rings. The van der Waals surface area contributed by atoms with Crippen LogP contribution in [0.15, 0.2) is 35.5 Å². The molecule has 10 heteroatoms. The van der Waals surface area contributed by atoms with Crippen molar-refractivity contribution in [1.82, 2.24) is 35.6 Å². The molecule has 0 atom stereocenters. The Morgan fingerprint density at radius 1 is 1.27 bits per heavy atom. The van der Waals surface area contributed by atoms with E-state index in [4.69, 9.17) is 11.5 Å². The Labute approximate surface area is 125 Å². The molecule has 0 saturated heterocycles. The Morgan fingerprint density at radius 2 is 2.18 bits per heavy atom. The zero-order valence-corrected chi connectivity index (χ0v) is 11.6. The monoisotopic (exact) mass is 298 g/mol. The predicted molar refractivity (Wildman–Crippen MR) is 78.3 cm³/mol. The van der Waals surface area contributed by atoms with E-state index in [0.29, 0.717) is 24.6 Å². The molecule has 0 bridgehead atoms. The van der Waals surface area contributed by atoms with E-state index in [0.717, 1.165) is 11.1 Å². The molecule has 0 spiro atoms. The molecule has 0 unspecified atom stereocenters. The fourth-order valence-corrected chi connectivity index (χ4v) is 1.94. The van der Waals surface area contributed by atoms with Crippen LogP contribution < -0.4 is 11.5 Å². The van der Waals surface area contributed by atoms with Crippen LogP contribution in [0.25, 0.3) is 11.4 Å². The Morgan fingerprint density at radius 3 is 2.95 bits per heavy atom. The number of aromatic amines is 1. The van der Waals surface area contributed by atoms with Crippen LogP contribution in [0.3, 0.4) is 0 Å². The molecule has 3 rings (SSSR count). The van der Waals surface area contributed by atoms with Gasteiger partial charge in [0.05, 0.1) is 19.3 Å². The van der Waals surface area contributed by atoms with Gasteiger partial charge in [0.25, 0.3) is 0 Å². The third-order valence-corrected chi connectivity index (χ3v) is 2.88. The highest BCUT2D eigenvalue weighted by molar-refractivity contribution is 5.75. The second-order valence-corrected chi connectivity index (χ2v) is 4.58. The zero-order chi connectivity index (χ0) is 15.4. The summed E-state index contributed by atoms with van der Waals surface area (Å²) in [7, 11) is 0. The molecule has 5 N–H and O–H groups in total. The highest BCUT2D eigenvalue weighted by Crippen LogP contribution is 2.15. The number of H-pyrrole nitrogens is 1. The summed E-state index contributed by atoms with van der Waals surface area (Å²) in [5.41, 5.74) is 13.2. The van der Waals surface area contributed by atoms with Gasteiger partial charge in [-0.05, 0) is 16.8 Å². The first-order valence-corrected chi connectivity index (χ1v) is 6.48. The second-order valence-electron chi connectivity index (χ2n) is 4.58. The van der Waals surface area contributed by atoms with Gasteiger partial charge in [0.2, 0.25) is 5.82 Å². The Balaban J connectivity index is 1.73. The largest absolute Gasteiger partial charge is 0.370 e. The van der Waals surface area contributed by atoms with Crippen LogP contribution in [0.4, 0.5) is 0 Å². The van der Waals surface area contributed by atoms with Crippen molar-refractivity contribution in [3.8, 4) is 11.4 Å². The predicted octanol–water partition coefficient (Wildman–Crippen LogP) is -0.720. The van der Waals surface area contributed by atoms with Crippen molar-refractivity contribution in [2.45, 2.75) is 13.1 Å². The van der Waals surface area contributed by atoms with Crippen LogP contribution >= 0.6 is 0 Å². The summed E-state index contributed by atoms with van der Waals surface area (Å²) in [5, 5.41) is 22.0. The number of guanidine groups is 1. The van der Waals surface area contributed by atoms with Gasteiger partial charge >= 0.3 is 0 Å².